The van der Waals surface area contributed by atoms with Gasteiger partial charge in [-0.05, 0) is 43.9 Å². The SMILES string of the molecule is COc1cccc(C(=O)N2CCCC(CCN)C2)c1O. The standard InChI is InChI=1S/C15H22N2O3/c1-20-13-6-2-5-12(14(13)18)15(19)17-9-3-4-11(10-17)7-8-16/h2,5-6,11,18H,3-4,7-10,16H2,1H3. The molecule has 1 aliphatic heterocycles. The Kier molecular flexibility index (Phi) is 4.84. The molecule has 0 bridgehead atoms. The second kappa shape index (κ2) is 6.61. The van der Waals surface area contributed by atoms with Gasteiger partial charge in [0.2, 0.25) is 0 Å². The highest BCUT2D eigenvalue weighted by Crippen LogP contribution is 2.31. The number of rotatable bonds is 4. The van der Waals surface area contributed by atoms with Crippen LogP contribution in [-0.4, -0.2) is 42.7 Å². The van der Waals surface area contributed by atoms with Crippen LogP contribution < -0.4 is 10.5 Å². The topological polar surface area (TPSA) is 75.8 Å². The number of likely N-dealkylation sites (tertiary alicyclic amines) is 1. The number of nitrogens with zero attached hydrogens (tertiary/aromatic N) is 1. The molecule has 1 unspecified atom stereocenters. The fourth-order valence-electron chi connectivity index (χ4n) is 2.75. The van der Waals surface area contributed by atoms with Crippen molar-refractivity contribution in [3.63, 3.8) is 0 Å². The van der Waals surface area contributed by atoms with Gasteiger partial charge in [-0.2, -0.15) is 0 Å². The van der Waals surface area contributed by atoms with Crippen molar-refractivity contribution >= 4 is 5.91 Å². The lowest BCUT2D eigenvalue weighted by atomic mass is 9.94. The van der Waals surface area contributed by atoms with Gasteiger partial charge in [-0.1, -0.05) is 6.07 Å². The molecule has 20 heavy (non-hydrogen) atoms. The number of amides is 1. The minimum Gasteiger partial charge on any atom is -0.504 e. The number of para-hydroxylation sites is 1. The molecule has 1 aromatic rings. The van der Waals surface area contributed by atoms with Crippen molar-refractivity contribution in [2.45, 2.75) is 19.3 Å². The third kappa shape index (κ3) is 3.04. The molecule has 5 nitrogen and oxygen atoms in total. The van der Waals surface area contributed by atoms with Crippen molar-refractivity contribution in [1.29, 1.82) is 0 Å². The van der Waals surface area contributed by atoms with Gasteiger partial charge in [-0.15, -0.1) is 0 Å². The molecule has 3 N–H and O–H groups in total. The van der Waals surface area contributed by atoms with Crippen LogP contribution in [0.3, 0.4) is 0 Å². The Bertz CT molecular complexity index is 474. The summed E-state index contributed by atoms with van der Waals surface area (Å²) in [5.74, 6) is 0.570. The Hall–Kier alpha value is -1.75. The molecule has 110 valence electrons. The number of carbonyl (C=O) groups excluding carboxylic acids is 1. The van der Waals surface area contributed by atoms with Gasteiger partial charge < -0.3 is 20.5 Å². The smallest absolute Gasteiger partial charge is 0.257 e. The van der Waals surface area contributed by atoms with Crippen molar-refractivity contribution in [1.82, 2.24) is 4.90 Å². The van der Waals surface area contributed by atoms with E-state index in [-0.39, 0.29) is 11.7 Å². The van der Waals surface area contributed by atoms with E-state index in [0.29, 0.717) is 30.3 Å². The van der Waals surface area contributed by atoms with Gasteiger partial charge >= 0.3 is 0 Å². The minimum atomic E-state index is -0.136. The van der Waals surface area contributed by atoms with Crippen LogP contribution in [0.5, 0.6) is 11.5 Å². The number of methoxy groups -OCH3 is 1. The zero-order valence-electron chi connectivity index (χ0n) is 11.8. The molecular formula is C15H22N2O3. The molecule has 1 saturated heterocycles. The van der Waals surface area contributed by atoms with Crippen molar-refractivity contribution in [3.8, 4) is 11.5 Å². The monoisotopic (exact) mass is 278 g/mol. The molecule has 1 atom stereocenters. The van der Waals surface area contributed by atoms with Crippen molar-refractivity contribution in [2.75, 3.05) is 26.7 Å². The molecule has 0 spiro atoms. The largest absolute Gasteiger partial charge is 0.504 e. The van der Waals surface area contributed by atoms with Crippen LogP contribution in [0.4, 0.5) is 0 Å². The van der Waals surface area contributed by atoms with E-state index in [9.17, 15) is 9.90 Å². The molecule has 0 radical (unpaired) electrons. The number of hydrogen-bond acceptors (Lipinski definition) is 4. The fraction of sp³-hybridized carbons (Fsp3) is 0.533. The summed E-state index contributed by atoms with van der Waals surface area (Å²) in [5, 5.41) is 10.1. The Labute approximate surface area is 119 Å². The third-order valence-electron chi connectivity index (χ3n) is 3.83. The molecule has 0 saturated carbocycles. The maximum Gasteiger partial charge on any atom is 0.257 e. The Morgan fingerprint density at radius 1 is 1.55 bits per heavy atom. The summed E-state index contributed by atoms with van der Waals surface area (Å²) in [6.07, 6.45) is 3.04. The van der Waals surface area contributed by atoms with E-state index < -0.39 is 0 Å². The highest BCUT2D eigenvalue weighted by Gasteiger charge is 2.26. The van der Waals surface area contributed by atoms with E-state index in [1.165, 1.54) is 7.11 Å². The van der Waals surface area contributed by atoms with Gasteiger partial charge in [0.15, 0.2) is 11.5 Å². The number of phenolic OH excluding ortho intramolecular Hbond substituents is 1. The minimum absolute atomic E-state index is 0.0825. The van der Waals surface area contributed by atoms with E-state index >= 15 is 0 Å². The van der Waals surface area contributed by atoms with E-state index in [0.717, 1.165) is 25.8 Å². The molecule has 0 aromatic heterocycles. The number of ether oxygens (including phenoxy) is 1. The van der Waals surface area contributed by atoms with Gasteiger partial charge in [0.1, 0.15) is 0 Å². The maximum absolute atomic E-state index is 12.5. The molecule has 1 aliphatic rings. The first-order chi connectivity index (χ1) is 9.67. The maximum atomic E-state index is 12.5. The Morgan fingerprint density at radius 2 is 2.35 bits per heavy atom. The first kappa shape index (κ1) is 14.7. The molecule has 1 aromatic carbocycles. The number of phenols is 1. The van der Waals surface area contributed by atoms with Crippen LogP contribution in [0.1, 0.15) is 29.6 Å². The Balaban J connectivity index is 2.14. The predicted molar refractivity (Wildman–Crippen MR) is 77.0 cm³/mol. The summed E-state index contributed by atoms with van der Waals surface area (Å²) in [6.45, 7) is 2.10. The normalized spacial score (nSPS) is 18.9. The van der Waals surface area contributed by atoms with Gasteiger partial charge in [-0.3, -0.25) is 4.79 Å². The molecule has 0 aliphatic carbocycles. The number of piperidine rings is 1. The fourth-order valence-corrected chi connectivity index (χ4v) is 2.75. The Morgan fingerprint density at radius 3 is 3.05 bits per heavy atom. The number of hydrogen-bond donors (Lipinski definition) is 2. The average Bonchev–Trinajstić information content (AvgIpc) is 2.47. The van der Waals surface area contributed by atoms with Crippen LogP contribution >= 0.6 is 0 Å². The number of benzene rings is 1. The summed E-state index contributed by atoms with van der Waals surface area (Å²) < 4.78 is 5.05. The summed E-state index contributed by atoms with van der Waals surface area (Å²) >= 11 is 0. The van der Waals surface area contributed by atoms with Crippen LogP contribution in [0.15, 0.2) is 18.2 Å². The summed E-state index contributed by atoms with van der Waals surface area (Å²) in [4.78, 5) is 14.3. The highest BCUT2D eigenvalue weighted by atomic mass is 16.5. The first-order valence-corrected chi connectivity index (χ1v) is 7.02. The average molecular weight is 278 g/mol. The van der Waals surface area contributed by atoms with Crippen molar-refractivity contribution in [3.05, 3.63) is 23.8 Å². The van der Waals surface area contributed by atoms with Crippen molar-refractivity contribution in [2.24, 2.45) is 11.7 Å². The number of carbonyl (C=O) groups is 1. The lowest BCUT2D eigenvalue weighted by Crippen LogP contribution is -2.40. The van der Waals surface area contributed by atoms with E-state index in [4.69, 9.17) is 10.5 Å². The lowest BCUT2D eigenvalue weighted by Gasteiger charge is -2.32. The zero-order chi connectivity index (χ0) is 14.5. The van der Waals surface area contributed by atoms with Crippen LogP contribution in [0, 0.1) is 5.92 Å². The van der Waals surface area contributed by atoms with Crippen LogP contribution in [-0.2, 0) is 0 Å². The second-order valence-electron chi connectivity index (χ2n) is 5.19. The highest BCUT2D eigenvalue weighted by molar-refractivity contribution is 5.97. The quantitative estimate of drug-likeness (QED) is 0.877. The van der Waals surface area contributed by atoms with E-state index in [1.54, 1.807) is 23.1 Å². The summed E-state index contributed by atoms with van der Waals surface area (Å²) in [5.41, 5.74) is 5.90. The molecule has 1 amide bonds. The van der Waals surface area contributed by atoms with Crippen LogP contribution in [0.25, 0.3) is 0 Å². The lowest BCUT2D eigenvalue weighted by molar-refractivity contribution is 0.0666. The predicted octanol–water partition coefficient (Wildman–Crippen LogP) is 1.60. The van der Waals surface area contributed by atoms with Gasteiger partial charge in [0, 0.05) is 13.1 Å². The first-order valence-electron chi connectivity index (χ1n) is 7.02. The summed E-state index contributed by atoms with van der Waals surface area (Å²) in [7, 11) is 1.47. The molecular weight excluding hydrogens is 256 g/mol. The van der Waals surface area contributed by atoms with Gasteiger partial charge in [-0.25, -0.2) is 0 Å². The van der Waals surface area contributed by atoms with Gasteiger partial charge in [0.05, 0.1) is 12.7 Å². The second-order valence-corrected chi connectivity index (χ2v) is 5.19. The molecule has 1 heterocycles. The number of aromatic hydroxyl groups is 1. The molecule has 1 fully saturated rings. The zero-order valence-corrected chi connectivity index (χ0v) is 11.8. The number of nitrogens with two attached hydrogens (primary N) is 1. The molecule has 5 heteroatoms. The summed E-state index contributed by atoms with van der Waals surface area (Å²) in [6, 6.07) is 4.99. The van der Waals surface area contributed by atoms with E-state index in [2.05, 4.69) is 0 Å². The van der Waals surface area contributed by atoms with E-state index in [1.807, 2.05) is 0 Å². The van der Waals surface area contributed by atoms with Gasteiger partial charge in [0.25, 0.3) is 5.91 Å². The van der Waals surface area contributed by atoms with Crippen molar-refractivity contribution < 1.29 is 14.6 Å². The molecule has 2 rings (SSSR count). The third-order valence-corrected chi connectivity index (χ3v) is 3.83. The van der Waals surface area contributed by atoms with Crippen LogP contribution in [0.2, 0.25) is 0 Å².